The van der Waals surface area contributed by atoms with Gasteiger partial charge in [-0.25, -0.2) is 0 Å². The Hall–Kier alpha value is -2.41. The Morgan fingerprint density at radius 2 is 0.690 bits per heavy atom. The fourth-order valence-corrected chi connectivity index (χ4v) is 13.5. The van der Waals surface area contributed by atoms with Crippen LogP contribution in [0.1, 0.15) is 63.8 Å². The Bertz CT molecular complexity index is 1210. The van der Waals surface area contributed by atoms with Gasteiger partial charge in [0, 0.05) is 0 Å². The molecule has 0 bridgehead atoms. The molecular formula is C37H46HfO4. The molecule has 0 aliphatic heterocycles. The summed E-state index contributed by atoms with van der Waals surface area (Å²) in [6.07, 6.45) is 0. The summed E-state index contributed by atoms with van der Waals surface area (Å²) in [6.45, 7) is 14.8. The van der Waals surface area contributed by atoms with Crippen molar-refractivity contribution < 1.29 is 33.1 Å². The van der Waals surface area contributed by atoms with Gasteiger partial charge < -0.3 is 0 Å². The molecule has 0 saturated heterocycles. The van der Waals surface area contributed by atoms with Crippen LogP contribution in [0.15, 0.2) is 121 Å². The molecule has 0 spiro atoms. The van der Waals surface area contributed by atoms with Crippen molar-refractivity contribution in [2.24, 2.45) is 0 Å². The van der Waals surface area contributed by atoms with Crippen molar-refractivity contribution in [1.82, 2.24) is 0 Å². The topological polar surface area (TPSA) is 36.9 Å². The maximum atomic E-state index is 6.89. The van der Waals surface area contributed by atoms with Gasteiger partial charge in [-0.05, 0) is 0 Å². The third kappa shape index (κ3) is 9.05. The first-order valence-corrected chi connectivity index (χ1v) is 20.6. The van der Waals surface area contributed by atoms with E-state index in [0.29, 0.717) is 26.4 Å². The molecule has 0 aromatic heterocycles. The van der Waals surface area contributed by atoms with E-state index in [0.717, 1.165) is 5.56 Å². The molecule has 0 aliphatic rings. The summed E-state index contributed by atoms with van der Waals surface area (Å²) in [5, 5.41) is 0. The predicted molar refractivity (Wildman–Crippen MR) is 167 cm³/mol. The van der Waals surface area contributed by atoms with Gasteiger partial charge in [-0.1, -0.05) is 0 Å². The van der Waals surface area contributed by atoms with Crippen LogP contribution in [0, 0.1) is 0 Å². The molecule has 0 saturated carbocycles. The third-order valence-corrected chi connectivity index (χ3v) is 14.9. The summed E-state index contributed by atoms with van der Waals surface area (Å²) in [7, 11) is 0. The van der Waals surface area contributed by atoms with E-state index < -0.39 is 21.7 Å². The van der Waals surface area contributed by atoms with Crippen molar-refractivity contribution >= 4 is 0 Å². The van der Waals surface area contributed by atoms with Crippen molar-refractivity contribution in [3.63, 3.8) is 0 Å². The van der Waals surface area contributed by atoms with Crippen molar-refractivity contribution in [2.75, 3.05) is 19.8 Å². The second-order valence-electron chi connectivity index (χ2n) is 12.9. The third-order valence-electron chi connectivity index (χ3n) is 7.75. The van der Waals surface area contributed by atoms with E-state index in [4.69, 9.17) is 11.4 Å². The second-order valence-corrected chi connectivity index (χ2v) is 20.6. The number of hydrogen-bond acceptors (Lipinski definition) is 4. The molecule has 42 heavy (non-hydrogen) atoms. The van der Waals surface area contributed by atoms with Gasteiger partial charge in [0.15, 0.2) is 0 Å². The summed E-state index contributed by atoms with van der Waals surface area (Å²) in [4.78, 5) is 0. The van der Waals surface area contributed by atoms with Crippen LogP contribution in [0.4, 0.5) is 0 Å². The van der Waals surface area contributed by atoms with E-state index in [2.05, 4.69) is 126 Å². The normalized spacial score (nSPS) is 12.8. The van der Waals surface area contributed by atoms with E-state index >= 15 is 0 Å². The van der Waals surface area contributed by atoms with Gasteiger partial charge >= 0.3 is 261 Å². The molecule has 0 fully saturated rings. The van der Waals surface area contributed by atoms with E-state index in [1.54, 1.807) is 0 Å². The molecule has 0 atom stereocenters. The zero-order chi connectivity index (χ0) is 30.1. The van der Waals surface area contributed by atoms with Gasteiger partial charge in [0.1, 0.15) is 0 Å². The zero-order valence-electron chi connectivity index (χ0n) is 26.0. The number of hydrogen-bond donors (Lipinski definition) is 0. The molecule has 0 unspecified atom stereocenters. The quantitative estimate of drug-likeness (QED) is 0.114. The summed E-state index contributed by atoms with van der Waals surface area (Å²) in [6, 6.07) is 41.6. The Labute approximate surface area is 259 Å². The first-order valence-electron chi connectivity index (χ1n) is 14.8. The summed E-state index contributed by atoms with van der Waals surface area (Å²) in [5.74, 6) is 0. The minimum atomic E-state index is -4.89. The fourth-order valence-electron chi connectivity index (χ4n) is 4.72. The van der Waals surface area contributed by atoms with Crippen molar-refractivity contribution in [3.05, 3.63) is 144 Å². The standard InChI is InChI=1S/3C10H13O.C7H7O.Hf/c3*1-10(2,8-11)9-6-4-3-5-7-9;8-6-7-4-2-1-3-5-7;/h3*3-7H,8H2,1-2H3;1-5H,6H2;/q4*-1;+4. The first-order chi connectivity index (χ1) is 20.0. The molecule has 0 aliphatic carbocycles. The van der Waals surface area contributed by atoms with Crippen molar-refractivity contribution in [1.29, 1.82) is 0 Å². The van der Waals surface area contributed by atoms with Gasteiger partial charge in [0.25, 0.3) is 0 Å². The summed E-state index contributed by atoms with van der Waals surface area (Å²) >= 11 is -4.89. The Balaban J connectivity index is 1.66. The number of rotatable bonds is 15. The maximum absolute atomic E-state index is 6.89. The Morgan fingerprint density at radius 3 is 1.00 bits per heavy atom. The first kappa shape index (κ1) is 32.5. The molecule has 222 valence electrons. The van der Waals surface area contributed by atoms with Crippen molar-refractivity contribution in [3.8, 4) is 0 Å². The van der Waals surface area contributed by atoms with Crippen LogP contribution in [0.2, 0.25) is 0 Å². The molecule has 4 rings (SSSR count). The van der Waals surface area contributed by atoms with Crippen LogP contribution in [-0.4, -0.2) is 19.8 Å². The molecule has 0 N–H and O–H groups in total. The van der Waals surface area contributed by atoms with Crippen LogP contribution in [-0.2, 0) is 56.0 Å². The van der Waals surface area contributed by atoms with Crippen LogP contribution in [0.25, 0.3) is 0 Å². The average molecular weight is 733 g/mol. The Kier molecular flexibility index (Phi) is 11.1. The van der Waals surface area contributed by atoms with Gasteiger partial charge in [-0.2, -0.15) is 0 Å². The van der Waals surface area contributed by atoms with E-state index in [1.165, 1.54) is 16.7 Å². The monoisotopic (exact) mass is 734 g/mol. The summed E-state index contributed by atoms with van der Waals surface area (Å²) < 4.78 is 27.4. The molecule has 5 heteroatoms. The van der Waals surface area contributed by atoms with Gasteiger partial charge in [-0.15, -0.1) is 0 Å². The van der Waals surface area contributed by atoms with Crippen molar-refractivity contribution in [2.45, 2.75) is 64.4 Å². The molecule has 0 amide bonds. The second kappa shape index (κ2) is 14.4. The van der Waals surface area contributed by atoms with Crippen LogP contribution < -0.4 is 0 Å². The summed E-state index contributed by atoms with van der Waals surface area (Å²) in [5.41, 5.74) is 3.86. The van der Waals surface area contributed by atoms with Gasteiger partial charge in [-0.3, -0.25) is 0 Å². The van der Waals surface area contributed by atoms with E-state index in [9.17, 15) is 0 Å². The van der Waals surface area contributed by atoms with Crippen LogP contribution in [0.5, 0.6) is 0 Å². The molecule has 4 nitrogen and oxygen atoms in total. The van der Waals surface area contributed by atoms with Crippen LogP contribution >= 0.6 is 0 Å². The minimum absolute atomic E-state index is 0.265. The molecule has 4 aromatic rings. The Morgan fingerprint density at radius 1 is 0.405 bits per heavy atom. The van der Waals surface area contributed by atoms with E-state index in [-0.39, 0.29) is 16.2 Å². The molecular weight excluding hydrogens is 687 g/mol. The van der Waals surface area contributed by atoms with Gasteiger partial charge in [0.2, 0.25) is 0 Å². The fraction of sp³-hybridized carbons (Fsp3) is 0.351. The molecule has 0 heterocycles. The van der Waals surface area contributed by atoms with Gasteiger partial charge in [0.05, 0.1) is 0 Å². The van der Waals surface area contributed by atoms with Crippen LogP contribution in [0.3, 0.4) is 0 Å². The SMILES string of the molecule is CC(C)(C[O][Hf]([O]Cc1ccccc1)([O]CC(C)(C)c1ccccc1)[O]CC(C)(C)c1ccccc1)c1ccccc1. The predicted octanol–water partition coefficient (Wildman–Crippen LogP) is 9.00. The zero-order valence-corrected chi connectivity index (χ0v) is 29.6. The molecule has 0 radical (unpaired) electrons. The average Bonchev–Trinajstić information content (AvgIpc) is 3.02. The number of benzene rings is 4. The molecule has 4 aromatic carbocycles. The van der Waals surface area contributed by atoms with E-state index in [1.807, 2.05) is 36.4 Å².